The molecule has 0 saturated carbocycles. The van der Waals surface area contributed by atoms with E-state index in [2.05, 4.69) is 16.0 Å². The molecule has 0 aromatic heterocycles. The quantitative estimate of drug-likeness (QED) is 0.373. The maximum atomic E-state index is 11.8. The molecule has 0 bridgehead atoms. The van der Waals surface area contributed by atoms with E-state index in [1.165, 1.54) is 6.07 Å². The minimum absolute atomic E-state index is 0.00301. The Hall–Kier alpha value is -3.09. The lowest BCUT2D eigenvalue weighted by Gasteiger charge is -2.09. The first-order valence-corrected chi connectivity index (χ1v) is 7.70. The van der Waals surface area contributed by atoms with Crippen molar-refractivity contribution in [1.82, 2.24) is 5.32 Å². The number of hydrogen-bond donors (Lipinski definition) is 3. The van der Waals surface area contributed by atoms with Crippen LogP contribution >= 0.6 is 0 Å². The second-order valence-corrected chi connectivity index (χ2v) is 5.12. The molecule has 0 aliphatic heterocycles. The zero-order valence-electron chi connectivity index (χ0n) is 13.2. The summed E-state index contributed by atoms with van der Waals surface area (Å²) in [6.07, 6.45) is 0.784. The van der Waals surface area contributed by atoms with Crippen LogP contribution in [-0.4, -0.2) is 30.5 Å². The van der Waals surface area contributed by atoms with Gasteiger partial charge in [-0.25, -0.2) is 0 Å². The normalized spacial score (nSPS) is 10.0. The molecule has 1 amide bonds. The van der Waals surface area contributed by atoms with Gasteiger partial charge in [0.1, 0.15) is 5.69 Å². The van der Waals surface area contributed by atoms with Gasteiger partial charge >= 0.3 is 0 Å². The van der Waals surface area contributed by atoms with Gasteiger partial charge in [-0.3, -0.25) is 14.9 Å². The van der Waals surface area contributed by atoms with Crippen LogP contribution in [0.5, 0.6) is 0 Å². The van der Waals surface area contributed by atoms with Crippen molar-refractivity contribution in [3.05, 3.63) is 64.7 Å². The third kappa shape index (κ3) is 5.60. The largest absolute Gasteiger partial charge is 0.385 e. The zero-order chi connectivity index (χ0) is 17.2. The molecule has 0 aliphatic rings. The highest BCUT2D eigenvalue weighted by Gasteiger charge is 2.12. The highest BCUT2D eigenvalue weighted by molar-refractivity contribution is 5.81. The van der Waals surface area contributed by atoms with Gasteiger partial charge in [0.25, 0.3) is 5.69 Å². The number of benzene rings is 2. The lowest BCUT2D eigenvalue weighted by Crippen LogP contribution is -2.31. The van der Waals surface area contributed by atoms with Crippen LogP contribution in [0.1, 0.15) is 6.42 Å². The fraction of sp³-hybridized carbons (Fsp3) is 0.235. The van der Waals surface area contributed by atoms with Gasteiger partial charge in [0.05, 0.1) is 11.5 Å². The number of anilines is 2. The van der Waals surface area contributed by atoms with Crippen molar-refractivity contribution in [3.63, 3.8) is 0 Å². The van der Waals surface area contributed by atoms with E-state index in [0.717, 1.165) is 18.7 Å². The van der Waals surface area contributed by atoms with Crippen LogP contribution in [0.4, 0.5) is 17.1 Å². The van der Waals surface area contributed by atoms with Gasteiger partial charge in [0, 0.05) is 24.8 Å². The summed E-state index contributed by atoms with van der Waals surface area (Å²) < 4.78 is 0. The van der Waals surface area contributed by atoms with Crippen LogP contribution < -0.4 is 16.0 Å². The van der Waals surface area contributed by atoms with Crippen molar-refractivity contribution >= 4 is 23.0 Å². The molecule has 126 valence electrons. The Bertz CT molecular complexity index is 677. The van der Waals surface area contributed by atoms with Crippen LogP contribution in [0.25, 0.3) is 0 Å². The van der Waals surface area contributed by atoms with Crippen molar-refractivity contribution in [2.24, 2.45) is 0 Å². The van der Waals surface area contributed by atoms with Crippen LogP contribution in [0.2, 0.25) is 0 Å². The molecule has 0 fully saturated rings. The van der Waals surface area contributed by atoms with Crippen molar-refractivity contribution in [1.29, 1.82) is 0 Å². The molecule has 0 aliphatic carbocycles. The molecule has 0 radical (unpaired) electrons. The molecule has 2 aromatic carbocycles. The van der Waals surface area contributed by atoms with Gasteiger partial charge in [-0.1, -0.05) is 30.3 Å². The monoisotopic (exact) mass is 328 g/mol. The third-order valence-corrected chi connectivity index (χ3v) is 3.32. The van der Waals surface area contributed by atoms with Crippen molar-refractivity contribution in [3.8, 4) is 0 Å². The third-order valence-electron chi connectivity index (χ3n) is 3.32. The first-order valence-electron chi connectivity index (χ1n) is 7.70. The van der Waals surface area contributed by atoms with Crippen molar-refractivity contribution < 1.29 is 9.72 Å². The summed E-state index contributed by atoms with van der Waals surface area (Å²) in [6, 6.07) is 16.1. The van der Waals surface area contributed by atoms with Crippen LogP contribution in [0, 0.1) is 10.1 Å². The molecule has 24 heavy (non-hydrogen) atoms. The fourth-order valence-electron chi connectivity index (χ4n) is 2.13. The molecule has 0 atom stereocenters. The molecule has 0 heterocycles. The zero-order valence-corrected chi connectivity index (χ0v) is 13.2. The predicted octanol–water partition coefficient (Wildman–Crippen LogP) is 2.63. The van der Waals surface area contributed by atoms with E-state index < -0.39 is 4.92 Å². The Morgan fingerprint density at radius 2 is 1.67 bits per heavy atom. The summed E-state index contributed by atoms with van der Waals surface area (Å²) in [6.45, 7) is 1.29. The Morgan fingerprint density at radius 3 is 2.42 bits per heavy atom. The molecule has 0 unspecified atom stereocenters. The Balaban J connectivity index is 1.64. The molecular weight excluding hydrogens is 308 g/mol. The van der Waals surface area contributed by atoms with Gasteiger partial charge in [0.15, 0.2) is 0 Å². The van der Waals surface area contributed by atoms with Crippen LogP contribution in [0.3, 0.4) is 0 Å². The fourth-order valence-corrected chi connectivity index (χ4v) is 2.13. The number of nitro benzene ring substituents is 1. The minimum atomic E-state index is -0.477. The highest BCUT2D eigenvalue weighted by atomic mass is 16.6. The number of hydrogen-bond acceptors (Lipinski definition) is 5. The predicted molar refractivity (Wildman–Crippen MR) is 94.1 cm³/mol. The van der Waals surface area contributed by atoms with Gasteiger partial charge in [0.2, 0.25) is 5.91 Å². The molecule has 7 nitrogen and oxygen atoms in total. The average Bonchev–Trinajstić information content (AvgIpc) is 2.60. The molecule has 3 N–H and O–H groups in total. The Kier molecular flexibility index (Phi) is 6.58. The first kappa shape index (κ1) is 17.3. The molecule has 7 heteroatoms. The molecule has 0 saturated heterocycles. The SMILES string of the molecule is O=C(CNc1ccccc1[N+](=O)[O-])NCCCNc1ccccc1. The van der Waals surface area contributed by atoms with Crippen LogP contribution in [0.15, 0.2) is 54.6 Å². The summed E-state index contributed by atoms with van der Waals surface area (Å²) in [4.78, 5) is 22.2. The number of carbonyl (C=O) groups is 1. The van der Waals surface area contributed by atoms with E-state index in [1.54, 1.807) is 18.2 Å². The summed E-state index contributed by atoms with van der Waals surface area (Å²) in [7, 11) is 0. The summed E-state index contributed by atoms with van der Waals surface area (Å²) in [5.41, 5.74) is 1.34. The van der Waals surface area contributed by atoms with Gasteiger partial charge in [-0.05, 0) is 24.6 Å². The van der Waals surface area contributed by atoms with Crippen molar-refractivity contribution in [2.75, 3.05) is 30.3 Å². The maximum Gasteiger partial charge on any atom is 0.292 e. The van der Waals surface area contributed by atoms with E-state index in [-0.39, 0.29) is 18.1 Å². The summed E-state index contributed by atoms with van der Waals surface area (Å²) >= 11 is 0. The second-order valence-electron chi connectivity index (χ2n) is 5.12. The molecule has 0 spiro atoms. The van der Waals surface area contributed by atoms with E-state index in [1.807, 2.05) is 30.3 Å². The number of nitro groups is 1. The first-order chi connectivity index (χ1) is 11.7. The minimum Gasteiger partial charge on any atom is -0.385 e. The number of carbonyl (C=O) groups excluding carboxylic acids is 1. The number of para-hydroxylation sites is 3. The van der Waals surface area contributed by atoms with E-state index in [9.17, 15) is 14.9 Å². The Morgan fingerprint density at radius 1 is 0.958 bits per heavy atom. The summed E-state index contributed by atoms with van der Waals surface area (Å²) in [5, 5.41) is 19.7. The van der Waals surface area contributed by atoms with E-state index in [0.29, 0.717) is 12.2 Å². The van der Waals surface area contributed by atoms with E-state index in [4.69, 9.17) is 0 Å². The van der Waals surface area contributed by atoms with Gasteiger partial charge in [-0.15, -0.1) is 0 Å². The lowest BCUT2D eigenvalue weighted by molar-refractivity contribution is -0.383. The molecule has 2 aromatic rings. The summed E-state index contributed by atoms with van der Waals surface area (Å²) in [5.74, 6) is -0.201. The van der Waals surface area contributed by atoms with E-state index >= 15 is 0 Å². The van der Waals surface area contributed by atoms with Gasteiger partial charge in [-0.2, -0.15) is 0 Å². The number of nitrogens with one attached hydrogen (secondary N) is 3. The Labute approximate surface area is 140 Å². The number of rotatable bonds is 9. The number of nitrogens with zero attached hydrogens (tertiary/aromatic N) is 1. The molecular formula is C17H20N4O3. The average molecular weight is 328 g/mol. The second kappa shape index (κ2) is 9.14. The topological polar surface area (TPSA) is 96.3 Å². The highest BCUT2D eigenvalue weighted by Crippen LogP contribution is 2.22. The van der Waals surface area contributed by atoms with Crippen molar-refractivity contribution in [2.45, 2.75) is 6.42 Å². The van der Waals surface area contributed by atoms with Crippen LogP contribution in [-0.2, 0) is 4.79 Å². The smallest absolute Gasteiger partial charge is 0.292 e. The van der Waals surface area contributed by atoms with Gasteiger partial charge < -0.3 is 16.0 Å². The lowest BCUT2D eigenvalue weighted by atomic mass is 10.2. The standard InChI is InChI=1S/C17H20N4O3/c22-17(13-20-15-9-4-5-10-16(15)21(23)24)19-12-6-11-18-14-7-2-1-3-8-14/h1-5,7-10,18,20H,6,11-13H2,(H,19,22). The maximum absolute atomic E-state index is 11.8. The molecule has 2 rings (SSSR count). The number of amides is 1.